The molecule has 0 bridgehead atoms. The lowest BCUT2D eigenvalue weighted by Crippen LogP contribution is -2.21. The molecule has 2 heterocycles. The fourth-order valence-corrected chi connectivity index (χ4v) is 1.87. The van der Waals surface area contributed by atoms with Crippen LogP contribution in [0.4, 0.5) is 5.82 Å². The van der Waals surface area contributed by atoms with Crippen molar-refractivity contribution < 1.29 is 0 Å². The van der Waals surface area contributed by atoms with Gasteiger partial charge >= 0.3 is 0 Å². The maximum atomic E-state index is 11.5. The normalized spacial score (nSPS) is 10.7. The van der Waals surface area contributed by atoms with Crippen LogP contribution in [0.1, 0.15) is 19.0 Å². The fourth-order valence-electron chi connectivity index (χ4n) is 1.87. The standard InChI is InChI=1S/C12H17N5O/c1-2-5-10-12(13)14-15-17(10)9-8-16-7-4-3-6-11(16)18/h3-4,6-7H,2,5,8-9,13H2,1H3. The second-order valence-electron chi connectivity index (χ2n) is 4.13. The molecular formula is C12H17N5O. The summed E-state index contributed by atoms with van der Waals surface area (Å²) in [7, 11) is 0. The average molecular weight is 247 g/mol. The van der Waals surface area contributed by atoms with Gasteiger partial charge in [0, 0.05) is 18.8 Å². The number of aromatic nitrogens is 4. The van der Waals surface area contributed by atoms with E-state index in [2.05, 4.69) is 17.2 Å². The van der Waals surface area contributed by atoms with Gasteiger partial charge in [0.05, 0.1) is 12.2 Å². The van der Waals surface area contributed by atoms with E-state index in [9.17, 15) is 4.79 Å². The van der Waals surface area contributed by atoms with Crippen LogP contribution < -0.4 is 11.3 Å². The van der Waals surface area contributed by atoms with Crippen LogP contribution in [-0.4, -0.2) is 19.6 Å². The molecule has 18 heavy (non-hydrogen) atoms. The smallest absolute Gasteiger partial charge is 0.250 e. The van der Waals surface area contributed by atoms with E-state index in [-0.39, 0.29) is 5.56 Å². The zero-order valence-corrected chi connectivity index (χ0v) is 10.4. The van der Waals surface area contributed by atoms with E-state index in [1.54, 1.807) is 27.6 Å². The summed E-state index contributed by atoms with van der Waals surface area (Å²) < 4.78 is 3.42. The molecule has 0 radical (unpaired) electrons. The first-order valence-electron chi connectivity index (χ1n) is 6.05. The summed E-state index contributed by atoms with van der Waals surface area (Å²) in [4.78, 5) is 11.5. The molecule has 6 heteroatoms. The Bertz CT molecular complexity index is 572. The average Bonchev–Trinajstić information content (AvgIpc) is 2.71. The highest BCUT2D eigenvalue weighted by atomic mass is 16.1. The van der Waals surface area contributed by atoms with E-state index in [0.717, 1.165) is 18.5 Å². The van der Waals surface area contributed by atoms with Crippen molar-refractivity contribution >= 4 is 5.82 Å². The van der Waals surface area contributed by atoms with Crippen molar-refractivity contribution in [2.45, 2.75) is 32.9 Å². The van der Waals surface area contributed by atoms with Crippen LogP contribution in [0.3, 0.4) is 0 Å². The minimum atomic E-state index is -0.0115. The summed E-state index contributed by atoms with van der Waals surface area (Å²) in [6.45, 7) is 3.25. The van der Waals surface area contributed by atoms with Crippen molar-refractivity contribution in [1.29, 1.82) is 0 Å². The first kappa shape index (κ1) is 12.3. The molecule has 2 aromatic heterocycles. The van der Waals surface area contributed by atoms with Gasteiger partial charge < -0.3 is 10.3 Å². The number of hydrogen-bond acceptors (Lipinski definition) is 4. The predicted octanol–water partition coefficient (Wildman–Crippen LogP) is 0.675. The number of nitrogens with two attached hydrogens (primary N) is 1. The van der Waals surface area contributed by atoms with Gasteiger partial charge in [-0.3, -0.25) is 4.79 Å². The largest absolute Gasteiger partial charge is 0.381 e. The topological polar surface area (TPSA) is 78.7 Å². The summed E-state index contributed by atoms with van der Waals surface area (Å²) in [5, 5.41) is 7.88. The maximum Gasteiger partial charge on any atom is 0.250 e. The van der Waals surface area contributed by atoms with Crippen LogP contribution >= 0.6 is 0 Å². The second kappa shape index (κ2) is 5.48. The fraction of sp³-hybridized carbons (Fsp3) is 0.417. The van der Waals surface area contributed by atoms with Crippen LogP contribution in [-0.2, 0) is 19.5 Å². The van der Waals surface area contributed by atoms with Crippen LogP contribution in [0.2, 0.25) is 0 Å². The van der Waals surface area contributed by atoms with Gasteiger partial charge in [0.15, 0.2) is 5.82 Å². The van der Waals surface area contributed by atoms with Gasteiger partial charge in [-0.15, -0.1) is 5.10 Å². The Kier molecular flexibility index (Phi) is 3.76. The molecular weight excluding hydrogens is 230 g/mol. The molecule has 0 fully saturated rings. The second-order valence-corrected chi connectivity index (χ2v) is 4.13. The Morgan fingerprint density at radius 2 is 2.17 bits per heavy atom. The molecule has 2 N–H and O–H groups in total. The molecule has 0 amide bonds. The quantitative estimate of drug-likeness (QED) is 0.842. The Morgan fingerprint density at radius 3 is 2.89 bits per heavy atom. The van der Waals surface area contributed by atoms with Gasteiger partial charge in [0.2, 0.25) is 0 Å². The number of anilines is 1. The van der Waals surface area contributed by atoms with E-state index >= 15 is 0 Å². The van der Waals surface area contributed by atoms with E-state index < -0.39 is 0 Å². The summed E-state index contributed by atoms with van der Waals surface area (Å²) in [5.74, 6) is 0.484. The SMILES string of the molecule is CCCc1c(N)nnn1CCn1ccccc1=O. The molecule has 0 saturated carbocycles. The highest BCUT2D eigenvalue weighted by Crippen LogP contribution is 2.09. The molecule has 0 aliphatic carbocycles. The van der Waals surface area contributed by atoms with Gasteiger partial charge in [-0.05, 0) is 12.5 Å². The lowest BCUT2D eigenvalue weighted by atomic mass is 10.2. The molecule has 0 aliphatic rings. The van der Waals surface area contributed by atoms with Crippen LogP contribution in [0.15, 0.2) is 29.2 Å². The minimum Gasteiger partial charge on any atom is -0.381 e. The zero-order valence-electron chi connectivity index (χ0n) is 10.4. The molecule has 0 unspecified atom stereocenters. The number of pyridine rings is 1. The Labute approximate surface area is 105 Å². The highest BCUT2D eigenvalue weighted by Gasteiger charge is 2.08. The van der Waals surface area contributed by atoms with Gasteiger partial charge in [0.1, 0.15) is 0 Å². The summed E-state index contributed by atoms with van der Waals surface area (Å²) in [6.07, 6.45) is 3.60. The van der Waals surface area contributed by atoms with Crippen molar-refractivity contribution in [3.8, 4) is 0 Å². The molecule has 0 atom stereocenters. The highest BCUT2D eigenvalue weighted by molar-refractivity contribution is 5.32. The third-order valence-electron chi connectivity index (χ3n) is 2.81. The van der Waals surface area contributed by atoms with Crippen LogP contribution in [0.25, 0.3) is 0 Å². The molecule has 0 spiro atoms. The summed E-state index contributed by atoms with van der Waals surface area (Å²) in [5.41, 5.74) is 6.70. The predicted molar refractivity (Wildman–Crippen MR) is 69.1 cm³/mol. The van der Waals surface area contributed by atoms with Crippen molar-refractivity contribution in [2.75, 3.05) is 5.73 Å². The Morgan fingerprint density at radius 1 is 1.33 bits per heavy atom. The lowest BCUT2D eigenvalue weighted by molar-refractivity contribution is 0.494. The minimum absolute atomic E-state index is 0.0115. The Hall–Kier alpha value is -2.11. The van der Waals surface area contributed by atoms with E-state index in [0.29, 0.717) is 18.9 Å². The van der Waals surface area contributed by atoms with Crippen molar-refractivity contribution in [3.63, 3.8) is 0 Å². The number of nitrogen functional groups attached to an aromatic ring is 1. The van der Waals surface area contributed by atoms with Crippen LogP contribution in [0.5, 0.6) is 0 Å². The Balaban J connectivity index is 2.11. The molecule has 6 nitrogen and oxygen atoms in total. The van der Waals surface area contributed by atoms with Crippen molar-refractivity contribution in [3.05, 3.63) is 40.4 Å². The lowest BCUT2D eigenvalue weighted by Gasteiger charge is -2.07. The van der Waals surface area contributed by atoms with E-state index in [1.807, 2.05) is 6.07 Å². The monoisotopic (exact) mass is 247 g/mol. The van der Waals surface area contributed by atoms with Gasteiger partial charge in [-0.1, -0.05) is 24.6 Å². The maximum absolute atomic E-state index is 11.5. The molecule has 0 aromatic carbocycles. The van der Waals surface area contributed by atoms with Gasteiger partial charge in [0.25, 0.3) is 5.56 Å². The molecule has 0 saturated heterocycles. The van der Waals surface area contributed by atoms with E-state index in [1.165, 1.54) is 0 Å². The first-order chi connectivity index (χ1) is 8.72. The summed E-state index contributed by atoms with van der Waals surface area (Å²) in [6, 6.07) is 5.11. The number of hydrogen-bond donors (Lipinski definition) is 1. The number of aryl methyl sites for hydroxylation is 2. The number of rotatable bonds is 5. The van der Waals surface area contributed by atoms with Crippen LogP contribution in [0, 0.1) is 0 Å². The number of nitrogens with zero attached hydrogens (tertiary/aromatic N) is 4. The van der Waals surface area contributed by atoms with Crippen molar-refractivity contribution in [1.82, 2.24) is 19.6 Å². The summed E-state index contributed by atoms with van der Waals surface area (Å²) >= 11 is 0. The van der Waals surface area contributed by atoms with Gasteiger partial charge in [-0.2, -0.15) is 0 Å². The third-order valence-corrected chi connectivity index (χ3v) is 2.81. The van der Waals surface area contributed by atoms with E-state index in [4.69, 9.17) is 5.73 Å². The first-order valence-corrected chi connectivity index (χ1v) is 6.05. The zero-order chi connectivity index (χ0) is 13.0. The molecule has 2 rings (SSSR count). The molecule has 96 valence electrons. The molecule has 2 aromatic rings. The third kappa shape index (κ3) is 2.58. The van der Waals surface area contributed by atoms with Crippen molar-refractivity contribution in [2.24, 2.45) is 0 Å². The molecule has 0 aliphatic heterocycles. The van der Waals surface area contributed by atoms with Gasteiger partial charge in [-0.25, -0.2) is 4.68 Å².